The van der Waals surface area contributed by atoms with E-state index in [0.29, 0.717) is 23.9 Å². The fourth-order valence-electron chi connectivity index (χ4n) is 3.05. The summed E-state index contributed by atoms with van der Waals surface area (Å²) in [6.07, 6.45) is 5.32. The van der Waals surface area contributed by atoms with Gasteiger partial charge in [0.05, 0.1) is 37.8 Å². The van der Waals surface area contributed by atoms with E-state index < -0.39 is 0 Å². The Hall–Kier alpha value is -2.67. The largest absolute Gasteiger partial charge is 0.493 e. The van der Waals surface area contributed by atoms with Gasteiger partial charge in [-0.05, 0) is 31.5 Å². The summed E-state index contributed by atoms with van der Waals surface area (Å²) in [5, 5.41) is 0. The van der Waals surface area contributed by atoms with Crippen LogP contribution in [0.15, 0.2) is 36.7 Å². The minimum absolute atomic E-state index is 0.0765. The van der Waals surface area contributed by atoms with Gasteiger partial charge in [0.15, 0.2) is 11.5 Å². The lowest BCUT2D eigenvalue weighted by Crippen LogP contribution is -2.36. The van der Waals surface area contributed by atoms with Crippen LogP contribution in [0.3, 0.4) is 0 Å². The summed E-state index contributed by atoms with van der Waals surface area (Å²) < 4.78 is 11.2. The van der Waals surface area contributed by atoms with Crippen molar-refractivity contribution in [2.75, 3.05) is 34.3 Å². The van der Waals surface area contributed by atoms with Crippen molar-refractivity contribution in [1.82, 2.24) is 19.8 Å². The van der Waals surface area contributed by atoms with E-state index in [1.54, 1.807) is 38.5 Å². The highest BCUT2D eigenvalue weighted by Crippen LogP contribution is 2.33. The van der Waals surface area contributed by atoms with Crippen LogP contribution in [0.1, 0.15) is 24.6 Å². The monoisotopic (exact) mass is 356 g/mol. The molecule has 1 aliphatic rings. The number of benzene rings is 1. The smallest absolute Gasteiger partial charge is 0.238 e. The molecule has 1 atom stereocenters. The molecule has 0 saturated carbocycles. The Morgan fingerprint density at radius 1 is 1.27 bits per heavy atom. The maximum absolute atomic E-state index is 12.1. The number of carbonyl (C=O) groups is 1. The topological polar surface area (TPSA) is 67.8 Å². The summed E-state index contributed by atoms with van der Waals surface area (Å²) in [7, 11) is 5.15. The second-order valence-electron chi connectivity index (χ2n) is 6.45. The zero-order valence-electron chi connectivity index (χ0n) is 15.4. The molecule has 1 unspecified atom stereocenters. The van der Waals surface area contributed by atoms with Crippen molar-refractivity contribution in [3.8, 4) is 17.4 Å². The number of ether oxygens (including phenoxy) is 2. The van der Waals surface area contributed by atoms with E-state index in [9.17, 15) is 4.79 Å². The van der Waals surface area contributed by atoms with Crippen molar-refractivity contribution in [1.29, 1.82) is 0 Å². The van der Waals surface area contributed by atoms with Gasteiger partial charge in [0.2, 0.25) is 11.8 Å². The Kier molecular flexibility index (Phi) is 5.68. The van der Waals surface area contributed by atoms with Crippen LogP contribution in [0.25, 0.3) is 0 Å². The van der Waals surface area contributed by atoms with Crippen molar-refractivity contribution in [2.24, 2.45) is 0 Å². The molecular formula is C19H24N4O3. The Morgan fingerprint density at radius 2 is 2.04 bits per heavy atom. The molecule has 26 heavy (non-hydrogen) atoms. The SMILES string of the molecule is COc1ccccc1Oc1cncc(C2CCCN2CC(=O)N(C)C)n1. The normalized spacial score (nSPS) is 17.1. The van der Waals surface area contributed by atoms with Gasteiger partial charge in [-0.15, -0.1) is 0 Å². The molecule has 3 rings (SSSR count). The minimum atomic E-state index is 0.0765. The molecule has 1 aromatic heterocycles. The van der Waals surface area contributed by atoms with Gasteiger partial charge in [-0.3, -0.25) is 14.7 Å². The third-order valence-corrected chi connectivity index (χ3v) is 4.46. The summed E-state index contributed by atoms with van der Waals surface area (Å²) in [6, 6.07) is 7.49. The van der Waals surface area contributed by atoms with Crippen molar-refractivity contribution in [2.45, 2.75) is 18.9 Å². The summed E-state index contributed by atoms with van der Waals surface area (Å²) in [6.45, 7) is 1.26. The highest BCUT2D eigenvalue weighted by atomic mass is 16.5. The molecule has 7 nitrogen and oxygen atoms in total. The number of hydrogen-bond acceptors (Lipinski definition) is 6. The van der Waals surface area contributed by atoms with Gasteiger partial charge in [0.1, 0.15) is 0 Å². The Labute approximate surface area is 153 Å². The quantitative estimate of drug-likeness (QED) is 0.792. The molecule has 1 amide bonds. The molecule has 0 spiro atoms. The zero-order valence-corrected chi connectivity index (χ0v) is 15.4. The number of nitrogens with zero attached hydrogens (tertiary/aromatic N) is 4. The summed E-state index contributed by atoms with van der Waals surface area (Å²) in [5.41, 5.74) is 0.821. The third kappa shape index (κ3) is 4.11. The van der Waals surface area contributed by atoms with E-state index in [1.165, 1.54) is 0 Å². The molecule has 1 aromatic carbocycles. The first-order chi connectivity index (χ1) is 12.6. The summed E-state index contributed by atoms with van der Waals surface area (Å²) in [5.74, 6) is 1.73. The molecule has 2 aromatic rings. The molecule has 1 aliphatic heterocycles. The number of rotatable bonds is 6. The molecule has 7 heteroatoms. The van der Waals surface area contributed by atoms with E-state index in [1.807, 2.05) is 24.3 Å². The first kappa shape index (κ1) is 18.1. The molecule has 2 heterocycles. The predicted molar refractivity (Wildman–Crippen MR) is 97.3 cm³/mol. The van der Waals surface area contributed by atoms with Gasteiger partial charge in [0, 0.05) is 14.1 Å². The lowest BCUT2D eigenvalue weighted by Gasteiger charge is -2.24. The number of likely N-dealkylation sites (N-methyl/N-ethyl adjacent to an activating group) is 1. The standard InChI is InChI=1S/C19H24N4O3/c1-22(2)19(24)13-23-10-6-7-15(23)14-11-20-12-18(21-14)26-17-9-5-4-8-16(17)25-3/h4-5,8-9,11-12,15H,6-7,10,13H2,1-3H3. The molecular weight excluding hydrogens is 332 g/mol. The molecule has 1 saturated heterocycles. The van der Waals surface area contributed by atoms with Gasteiger partial charge in [-0.25, -0.2) is 4.98 Å². The average Bonchev–Trinajstić information content (AvgIpc) is 3.10. The van der Waals surface area contributed by atoms with E-state index in [2.05, 4.69) is 14.9 Å². The maximum atomic E-state index is 12.1. The van der Waals surface area contributed by atoms with Gasteiger partial charge >= 0.3 is 0 Å². The van der Waals surface area contributed by atoms with Gasteiger partial charge in [-0.1, -0.05) is 12.1 Å². The van der Waals surface area contributed by atoms with Crippen LogP contribution in [-0.4, -0.2) is 60.0 Å². The van der Waals surface area contributed by atoms with Gasteiger partial charge < -0.3 is 14.4 Å². The van der Waals surface area contributed by atoms with Crippen LogP contribution in [0, 0.1) is 0 Å². The molecule has 0 bridgehead atoms. The molecule has 138 valence electrons. The minimum Gasteiger partial charge on any atom is -0.493 e. The lowest BCUT2D eigenvalue weighted by molar-refractivity contribution is -0.130. The van der Waals surface area contributed by atoms with E-state index in [0.717, 1.165) is 25.1 Å². The predicted octanol–water partition coefficient (Wildman–Crippen LogP) is 2.50. The second kappa shape index (κ2) is 8.14. The van der Waals surface area contributed by atoms with Crippen molar-refractivity contribution in [3.63, 3.8) is 0 Å². The van der Waals surface area contributed by atoms with E-state index in [4.69, 9.17) is 9.47 Å². The number of amides is 1. The molecule has 0 aliphatic carbocycles. The second-order valence-corrected chi connectivity index (χ2v) is 6.45. The van der Waals surface area contributed by atoms with Crippen molar-refractivity contribution >= 4 is 5.91 Å². The fourth-order valence-corrected chi connectivity index (χ4v) is 3.05. The Balaban J connectivity index is 1.77. The van der Waals surface area contributed by atoms with E-state index >= 15 is 0 Å². The summed E-state index contributed by atoms with van der Waals surface area (Å²) in [4.78, 5) is 24.7. The van der Waals surface area contributed by atoms with Crippen molar-refractivity contribution in [3.05, 3.63) is 42.4 Å². The average molecular weight is 356 g/mol. The number of para-hydroxylation sites is 2. The number of methoxy groups -OCH3 is 1. The molecule has 0 N–H and O–H groups in total. The van der Waals surface area contributed by atoms with Gasteiger partial charge in [0.25, 0.3) is 0 Å². The fraction of sp³-hybridized carbons (Fsp3) is 0.421. The molecule has 0 radical (unpaired) electrons. The zero-order chi connectivity index (χ0) is 18.5. The number of hydrogen-bond donors (Lipinski definition) is 0. The first-order valence-corrected chi connectivity index (χ1v) is 8.65. The highest BCUT2D eigenvalue weighted by molar-refractivity contribution is 5.77. The van der Waals surface area contributed by atoms with E-state index in [-0.39, 0.29) is 11.9 Å². The summed E-state index contributed by atoms with van der Waals surface area (Å²) >= 11 is 0. The lowest BCUT2D eigenvalue weighted by atomic mass is 10.1. The number of likely N-dealkylation sites (tertiary alicyclic amines) is 1. The first-order valence-electron chi connectivity index (χ1n) is 8.65. The van der Waals surface area contributed by atoms with Crippen LogP contribution in [0.4, 0.5) is 0 Å². The highest BCUT2D eigenvalue weighted by Gasteiger charge is 2.29. The van der Waals surface area contributed by atoms with Gasteiger partial charge in [-0.2, -0.15) is 0 Å². The van der Waals surface area contributed by atoms with Crippen LogP contribution in [-0.2, 0) is 4.79 Å². The number of aromatic nitrogens is 2. The Bertz CT molecular complexity index is 766. The Morgan fingerprint density at radius 3 is 2.77 bits per heavy atom. The maximum Gasteiger partial charge on any atom is 0.238 e. The van der Waals surface area contributed by atoms with Crippen molar-refractivity contribution < 1.29 is 14.3 Å². The molecule has 1 fully saturated rings. The number of carbonyl (C=O) groups excluding carboxylic acids is 1. The van der Waals surface area contributed by atoms with Crippen LogP contribution < -0.4 is 9.47 Å². The van der Waals surface area contributed by atoms with Crippen LogP contribution >= 0.6 is 0 Å². The van der Waals surface area contributed by atoms with Crippen LogP contribution in [0.2, 0.25) is 0 Å². The third-order valence-electron chi connectivity index (χ3n) is 4.46. The van der Waals surface area contributed by atoms with Crippen LogP contribution in [0.5, 0.6) is 17.4 Å².